The second-order valence-electron chi connectivity index (χ2n) is 4.18. The second kappa shape index (κ2) is 5.81. The number of sulfone groups is 1. The van der Waals surface area contributed by atoms with Crippen LogP contribution in [0.2, 0.25) is 0 Å². The van der Waals surface area contributed by atoms with Gasteiger partial charge >= 0.3 is 0 Å². The number of aromatic nitrogens is 2. The molecule has 0 fully saturated rings. The second-order valence-corrected chi connectivity index (χ2v) is 6.95. The lowest BCUT2D eigenvalue weighted by Gasteiger charge is -2.02. The Labute approximate surface area is 115 Å². The zero-order valence-corrected chi connectivity index (χ0v) is 12.2. The third-order valence-corrected chi connectivity index (χ3v) is 4.66. The number of ether oxygens (including phenoxy) is 1. The van der Waals surface area contributed by atoms with E-state index >= 15 is 0 Å². The molecule has 0 aromatic carbocycles. The van der Waals surface area contributed by atoms with E-state index in [0.717, 1.165) is 0 Å². The molecule has 2 aromatic heterocycles. The first-order valence-electron chi connectivity index (χ1n) is 5.65. The molecule has 2 aromatic rings. The Kier molecular flexibility index (Phi) is 4.33. The van der Waals surface area contributed by atoms with E-state index in [1.165, 1.54) is 11.3 Å². The van der Waals surface area contributed by atoms with Gasteiger partial charge in [0.1, 0.15) is 12.4 Å². The first-order chi connectivity index (χ1) is 8.97. The minimum absolute atomic E-state index is 0.0523. The summed E-state index contributed by atoms with van der Waals surface area (Å²) in [5.74, 6) is 0.135. The molecule has 2 rings (SSSR count). The minimum Gasteiger partial charge on any atom is -0.371 e. The summed E-state index contributed by atoms with van der Waals surface area (Å²) in [4.78, 5) is 4.27. The molecule has 0 amide bonds. The molecule has 0 unspecified atom stereocenters. The fourth-order valence-electron chi connectivity index (χ4n) is 1.32. The predicted molar refractivity (Wildman–Crippen MR) is 69.4 cm³/mol. The van der Waals surface area contributed by atoms with Crippen LogP contribution in [0.4, 0.5) is 0 Å². The number of rotatable bonds is 6. The normalized spacial score (nSPS) is 12.2. The summed E-state index contributed by atoms with van der Waals surface area (Å²) in [5, 5.41) is 6.97. The van der Waals surface area contributed by atoms with Gasteiger partial charge < -0.3 is 9.26 Å². The zero-order chi connectivity index (χ0) is 13.9. The van der Waals surface area contributed by atoms with Crippen LogP contribution in [0.15, 0.2) is 26.2 Å². The van der Waals surface area contributed by atoms with Crippen LogP contribution >= 0.6 is 11.3 Å². The third kappa shape index (κ3) is 3.85. The Morgan fingerprint density at radius 3 is 2.89 bits per heavy atom. The maximum absolute atomic E-state index is 12.0. The van der Waals surface area contributed by atoms with Crippen LogP contribution in [-0.2, 0) is 26.9 Å². The molecule has 0 atom stereocenters. The molecule has 0 saturated carbocycles. The third-order valence-electron chi connectivity index (χ3n) is 2.22. The van der Waals surface area contributed by atoms with E-state index < -0.39 is 9.84 Å². The zero-order valence-electron chi connectivity index (χ0n) is 10.6. The van der Waals surface area contributed by atoms with Gasteiger partial charge in [-0.15, -0.1) is 0 Å². The summed E-state index contributed by atoms with van der Waals surface area (Å²) in [7, 11) is -3.41. The fraction of sp³-hybridized carbons (Fsp3) is 0.455. The highest BCUT2D eigenvalue weighted by Gasteiger charge is 2.20. The van der Waals surface area contributed by atoms with E-state index in [-0.39, 0.29) is 29.2 Å². The van der Waals surface area contributed by atoms with Crippen molar-refractivity contribution in [1.82, 2.24) is 10.1 Å². The summed E-state index contributed by atoms with van der Waals surface area (Å²) in [5.41, 5.74) is 0. The molecule has 0 aliphatic heterocycles. The number of hydrogen-bond donors (Lipinski definition) is 0. The molecule has 0 saturated heterocycles. The highest BCUT2D eigenvalue weighted by Crippen LogP contribution is 2.18. The molecule has 8 heteroatoms. The van der Waals surface area contributed by atoms with Gasteiger partial charge in [-0.1, -0.05) is 5.16 Å². The molecule has 0 aliphatic rings. The lowest BCUT2D eigenvalue weighted by molar-refractivity contribution is 0.0601. The lowest BCUT2D eigenvalue weighted by Crippen LogP contribution is -2.05. The average molecular weight is 302 g/mol. The molecule has 0 aliphatic carbocycles. The maximum atomic E-state index is 12.0. The Hall–Kier alpha value is -1.25. The van der Waals surface area contributed by atoms with Crippen molar-refractivity contribution in [2.24, 2.45) is 0 Å². The standard InChI is InChI=1S/C11H14N2O4S2/c1-8(2)16-5-10-12-11(17-13-10)7-19(14,15)9-3-4-18-6-9/h3-4,6,8H,5,7H2,1-2H3. The molecular weight excluding hydrogens is 288 g/mol. The lowest BCUT2D eigenvalue weighted by atomic mass is 10.5. The van der Waals surface area contributed by atoms with Gasteiger partial charge in [-0.05, 0) is 25.3 Å². The van der Waals surface area contributed by atoms with Gasteiger partial charge in [0, 0.05) is 5.38 Å². The maximum Gasteiger partial charge on any atom is 0.242 e. The molecule has 0 bridgehead atoms. The SMILES string of the molecule is CC(C)OCc1noc(CS(=O)(=O)c2ccsc2)n1. The molecular formula is C11H14N2O4S2. The number of thiophene rings is 1. The summed E-state index contributed by atoms with van der Waals surface area (Å²) >= 11 is 1.33. The van der Waals surface area contributed by atoms with E-state index in [4.69, 9.17) is 9.26 Å². The molecule has 2 heterocycles. The molecule has 0 N–H and O–H groups in total. The Balaban J connectivity index is 2.04. The first kappa shape index (κ1) is 14.2. The van der Waals surface area contributed by atoms with Crippen molar-refractivity contribution in [2.75, 3.05) is 0 Å². The minimum atomic E-state index is -3.41. The van der Waals surface area contributed by atoms with Crippen LogP contribution in [0.3, 0.4) is 0 Å². The van der Waals surface area contributed by atoms with Crippen molar-refractivity contribution in [3.63, 3.8) is 0 Å². The van der Waals surface area contributed by atoms with Crippen LogP contribution in [0.25, 0.3) is 0 Å². The van der Waals surface area contributed by atoms with E-state index in [0.29, 0.717) is 5.82 Å². The molecule has 0 radical (unpaired) electrons. The summed E-state index contributed by atoms with van der Waals surface area (Å²) < 4.78 is 34.2. The molecule has 19 heavy (non-hydrogen) atoms. The quantitative estimate of drug-likeness (QED) is 0.812. The molecule has 104 valence electrons. The Morgan fingerprint density at radius 2 is 2.26 bits per heavy atom. The van der Waals surface area contributed by atoms with E-state index in [9.17, 15) is 8.42 Å². The van der Waals surface area contributed by atoms with Gasteiger partial charge in [0.25, 0.3) is 0 Å². The van der Waals surface area contributed by atoms with Crippen molar-refractivity contribution < 1.29 is 17.7 Å². The van der Waals surface area contributed by atoms with Crippen LogP contribution in [-0.4, -0.2) is 24.7 Å². The van der Waals surface area contributed by atoms with Crippen molar-refractivity contribution in [3.05, 3.63) is 28.5 Å². The number of nitrogens with zero attached hydrogens (tertiary/aromatic N) is 2. The van der Waals surface area contributed by atoms with Gasteiger partial charge in [-0.25, -0.2) is 8.42 Å². The Morgan fingerprint density at radius 1 is 1.47 bits per heavy atom. The smallest absolute Gasteiger partial charge is 0.242 e. The van der Waals surface area contributed by atoms with Crippen LogP contribution in [0.5, 0.6) is 0 Å². The van der Waals surface area contributed by atoms with E-state index in [1.54, 1.807) is 16.8 Å². The van der Waals surface area contributed by atoms with Gasteiger partial charge in [0.05, 0.1) is 11.0 Å². The van der Waals surface area contributed by atoms with E-state index in [2.05, 4.69) is 10.1 Å². The van der Waals surface area contributed by atoms with Gasteiger partial charge in [0.2, 0.25) is 5.89 Å². The predicted octanol–water partition coefficient (Wildman–Crippen LogP) is 2.03. The first-order valence-corrected chi connectivity index (χ1v) is 8.25. The van der Waals surface area contributed by atoms with Crippen molar-refractivity contribution >= 4 is 21.2 Å². The average Bonchev–Trinajstić information content (AvgIpc) is 2.96. The summed E-state index contributed by atoms with van der Waals surface area (Å²) in [6.45, 7) is 3.99. The fourth-order valence-corrected chi connectivity index (χ4v) is 3.56. The molecule has 0 spiro atoms. The monoisotopic (exact) mass is 302 g/mol. The van der Waals surface area contributed by atoms with Crippen molar-refractivity contribution in [3.8, 4) is 0 Å². The summed E-state index contributed by atoms with van der Waals surface area (Å²) in [6, 6.07) is 1.55. The van der Waals surface area contributed by atoms with Crippen LogP contribution in [0, 0.1) is 0 Å². The number of hydrogen-bond acceptors (Lipinski definition) is 7. The molecule has 6 nitrogen and oxygen atoms in total. The summed E-state index contributed by atoms with van der Waals surface area (Å²) in [6.07, 6.45) is 0.0523. The van der Waals surface area contributed by atoms with E-state index in [1.807, 2.05) is 13.8 Å². The van der Waals surface area contributed by atoms with Gasteiger partial charge in [-0.3, -0.25) is 0 Å². The topological polar surface area (TPSA) is 82.3 Å². The van der Waals surface area contributed by atoms with Crippen LogP contribution in [0.1, 0.15) is 25.6 Å². The Bertz CT molecular complexity index is 617. The largest absolute Gasteiger partial charge is 0.371 e. The van der Waals surface area contributed by atoms with Crippen LogP contribution < -0.4 is 0 Å². The highest BCUT2D eigenvalue weighted by atomic mass is 32.2. The highest BCUT2D eigenvalue weighted by molar-refractivity contribution is 7.90. The van der Waals surface area contributed by atoms with Crippen molar-refractivity contribution in [1.29, 1.82) is 0 Å². The van der Waals surface area contributed by atoms with Gasteiger partial charge in [-0.2, -0.15) is 16.3 Å². The van der Waals surface area contributed by atoms with Crippen molar-refractivity contribution in [2.45, 2.75) is 37.2 Å². The van der Waals surface area contributed by atoms with Gasteiger partial charge in [0.15, 0.2) is 15.7 Å².